The minimum atomic E-state index is -0.261. The summed E-state index contributed by atoms with van der Waals surface area (Å²) in [6.07, 6.45) is 3.68. The number of carbonyl (C=O) groups is 2. The summed E-state index contributed by atoms with van der Waals surface area (Å²) < 4.78 is 0. The van der Waals surface area contributed by atoms with Gasteiger partial charge in [-0.2, -0.15) is 0 Å². The van der Waals surface area contributed by atoms with E-state index < -0.39 is 0 Å². The molecule has 2 bridgehead atoms. The van der Waals surface area contributed by atoms with Crippen molar-refractivity contribution in [2.45, 2.75) is 43.8 Å². The number of nitrogens with zero attached hydrogens (tertiary/aromatic N) is 2. The smallest absolute Gasteiger partial charge is 0.320 e. The second kappa shape index (κ2) is 5.00. The van der Waals surface area contributed by atoms with E-state index in [2.05, 4.69) is 10.6 Å². The maximum Gasteiger partial charge on any atom is 0.320 e. The highest BCUT2D eigenvalue weighted by Gasteiger charge is 2.45. The van der Waals surface area contributed by atoms with Crippen molar-refractivity contribution in [3.8, 4) is 0 Å². The van der Waals surface area contributed by atoms with Crippen LogP contribution in [0.2, 0.25) is 0 Å². The summed E-state index contributed by atoms with van der Waals surface area (Å²) >= 11 is 0. The molecule has 0 aromatic carbocycles. The summed E-state index contributed by atoms with van der Waals surface area (Å²) in [4.78, 5) is 27.9. The third-order valence-corrected chi connectivity index (χ3v) is 4.64. The van der Waals surface area contributed by atoms with Crippen LogP contribution in [0.1, 0.15) is 25.7 Å². The summed E-state index contributed by atoms with van der Waals surface area (Å²) in [6, 6.07) is 0.314. The van der Waals surface area contributed by atoms with Gasteiger partial charge in [0.1, 0.15) is 6.04 Å². The molecule has 3 saturated heterocycles. The lowest BCUT2D eigenvalue weighted by molar-refractivity contribution is -0.126. The van der Waals surface area contributed by atoms with E-state index in [1.54, 1.807) is 9.80 Å². The third kappa shape index (κ3) is 2.29. The Morgan fingerprint density at radius 1 is 1.26 bits per heavy atom. The van der Waals surface area contributed by atoms with Crippen molar-refractivity contribution in [2.75, 3.05) is 26.7 Å². The molecule has 0 spiro atoms. The zero-order valence-electron chi connectivity index (χ0n) is 11.4. The van der Waals surface area contributed by atoms with Crippen LogP contribution in [0.5, 0.6) is 0 Å². The second-order valence-corrected chi connectivity index (χ2v) is 5.83. The Balaban J connectivity index is 1.62. The maximum atomic E-state index is 12.4. The van der Waals surface area contributed by atoms with Gasteiger partial charge in [-0.05, 0) is 38.8 Å². The van der Waals surface area contributed by atoms with Crippen molar-refractivity contribution in [3.63, 3.8) is 0 Å². The number of urea groups is 1. The lowest BCUT2D eigenvalue weighted by Gasteiger charge is -2.32. The quantitative estimate of drug-likeness (QED) is 0.724. The van der Waals surface area contributed by atoms with E-state index in [1.807, 2.05) is 7.05 Å². The van der Waals surface area contributed by atoms with Crippen molar-refractivity contribution < 1.29 is 9.59 Å². The number of nitrogens with one attached hydrogen (secondary N) is 2. The summed E-state index contributed by atoms with van der Waals surface area (Å²) in [7, 11) is 1.83. The Labute approximate surface area is 113 Å². The molecule has 0 saturated carbocycles. The molecule has 2 N–H and O–H groups in total. The molecule has 0 aliphatic carbocycles. The van der Waals surface area contributed by atoms with Crippen molar-refractivity contribution in [1.82, 2.24) is 20.4 Å². The van der Waals surface area contributed by atoms with E-state index in [0.717, 1.165) is 38.8 Å². The van der Waals surface area contributed by atoms with Crippen LogP contribution < -0.4 is 10.6 Å². The maximum absolute atomic E-state index is 12.4. The fraction of sp³-hybridized carbons (Fsp3) is 0.846. The van der Waals surface area contributed by atoms with Crippen LogP contribution in [0.3, 0.4) is 0 Å². The highest BCUT2D eigenvalue weighted by molar-refractivity contribution is 5.88. The summed E-state index contributed by atoms with van der Waals surface area (Å²) in [5.41, 5.74) is 0. The molecule has 2 atom stereocenters. The molecule has 2 unspecified atom stereocenters. The van der Waals surface area contributed by atoms with Crippen LogP contribution in [0, 0.1) is 0 Å². The van der Waals surface area contributed by atoms with Crippen molar-refractivity contribution >= 4 is 11.9 Å². The third-order valence-electron chi connectivity index (χ3n) is 4.64. The van der Waals surface area contributed by atoms with Gasteiger partial charge in [0, 0.05) is 19.6 Å². The fourth-order valence-corrected chi connectivity index (χ4v) is 3.37. The van der Waals surface area contributed by atoms with Crippen LogP contribution in [0.4, 0.5) is 4.79 Å². The Hall–Kier alpha value is -1.30. The first kappa shape index (κ1) is 12.7. The number of hydrogen-bond acceptors (Lipinski definition) is 3. The predicted octanol–water partition coefficient (Wildman–Crippen LogP) is -0.247. The summed E-state index contributed by atoms with van der Waals surface area (Å²) in [6.45, 7) is 2.63. The zero-order valence-corrected chi connectivity index (χ0v) is 11.4. The molecule has 6 nitrogen and oxygen atoms in total. The molecule has 3 rings (SSSR count). The number of likely N-dealkylation sites (N-methyl/N-ethyl adjacent to an activating group) is 1. The molecule has 3 aliphatic rings. The summed E-state index contributed by atoms with van der Waals surface area (Å²) in [5.74, 6) is 0.0361. The van der Waals surface area contributed by atoms with Crippen LogP contribution in [0.25, 0.3) is 0 Å². The number of hydrogen-bond donors (Lipinski definition) is 2. The highest BCUT2D eigenvalue weighted by Crippen LogP contribution is 2.28. The molecular formula is C13H22N4O2. The molecule has 3 fully saturated rings. The van der Waals surface area contributed by atoms with Crippen molar-refractivity contribution in [1.29, 1.82) is 0 Å². The van der Waals surface area contributed by atoms with Gasteiger partial charge in [0.2, 0.25) is 5.91 Å². The van der Waals surface area contributed by atoms with E-state index in [-0.39, 0.29) is 24.0 Å². The minimum absolute atomic E-state index is 0.00737. The van der Waals surface area contributed by atoms with Crippen LogP contribution in [0.15, 0.2) is 0 Å². The lowest BCUT2D eigenvalue weighted by atomic mass is 9.99. The molecule has 3 heterocycles. The number of amides is 3. The van der Waals surface area contributed by atoms with Gasteiger partial charge in [0.15, 0.2) is 0 Å². The molecule has 0 aromatic rings. The standard InChI is InChI=1S/C13H22N4O2/c1-16-10-2-3-11(17(8-10)13(16)19)12(18)15-9-4-6-14-7-5-9/h9-11,14H,2-8H2,1H3,(H,15,18). The molecule has 106 valence electrons. The number of rotatable bonds is 2. The van der Waals surface area contributed by atoms with E-state index in [1.165, 1.54) is 0 Å². The molecule has 0 aromatic heterocycles. The number of piperidine rings is 2. The first-order valence-corrected chi connectivity index (χ1v) is 7.21. The Morgan fingerprint density at radius 3 is 2.74 bits per heavy atom. The Kier molecular flexibility index (Phi) is 3.35. The minimum Gasteiger partial charge on any atom is -0.351 e. The van der Waals surface area contributed by atoms with Gasteiger partial charge < -0.3 is 20.4 Å². The average molecular weight is 266 g/mol. The van der Waals surface area contributed by atoms with Gasteiger partial charge in [-0.3, -0.25) is 4.79 Å². The van der Waals surface area contributed by atoms with Gasteiger partial charge in [-0.1, -0.05) is 0 Å². The first-order chi connectivity index (χ1) is 9.16. The molecule has 3 amide bonds. The van der Waals surface area contributed by atoms with Crippen LogP contribution >= 0.6 is 0 Å². The van der Waals surface area contributed by atoms with Gasteiger partial charge >= 0.3 is 6.03 Å². The van der Waals surface area contributed by atoms with Crippen molar-refractivity contribution in [2.24, 2.45) is 0 Å². The van der Waals surface area contributed by atoms with Gasteiger partial charge in [-0.15, -0.1) is 0 Å². The highest BCUT2D eigenvalue weighted by atomic mass is 16.2. The normalized spacial score (nSPS) is 31.7. The fourth-order valence-electron chi connectivity index (χ4n) is 3.37. The molecular weight excluding hydrogens is 244 g/mol. The Bertz CT molecular complexity index is 381. The predicted molar refractivity (Wildman–Crippen MR) is 70.7 cm³/mol. The first-order valence-electron chi connectivity index (χ1n) is 7.21. The van der Waals surface area contributed by atoms with Crippen LogP contribution in [-0.2, 0) is 4.79 Å². The van der Waals surface area contributed by atoms with Crippen molar-refractivity contribution in [3.05, 3.63) is 0 Å². The SMILES string of the molecule is CN1C(=O)N2CC1CCC2C(=O)NC1CCNCC1. The van der Waals surface area contributed by atoms with Gasteiger partial charge in [0.25, 0.3) is 0 Å². The van der Waals surface area contributed by atoms with E-state index in [0.29, 0.717) is 12.6 Å². The zero-order chi connectivity index (χ0) is 13.4. The number of fused-ring (bicyclic) bond motifs is 2. The number of carbonyl (C=O) groups excluding carboxylic acids is 2. The largest absolute Gasteiger partial charge is 0.351 e. The molecule has 6 heteroatoms. The van der Waals surface area contributed by atoms with Gasteiger partial charge in [0.05, 0.1) is 6.04 Å². The molecule has 0 radical (unpaired) electrons. The van der Waals surface area contributed by atoms with Gasteiger partial charge in [-0.25, -0.2) is 4.79 Å². The monoisotopic (exact) mass is 266 g/mol. The van der Waals surface area contributed by atoms with E-state index in [9.17, 15) is 9.59 Å². The average Bonchev–Trinajstić information content (AvgIpc) is 2.65. The molecule has 3 aliphatic heterocycles. The van der Waals surface area contributed by atoms with Crippen LogP contribution in [-0.4, -0.2) is 66.5 Å². The second-order valence-electron chi connectivity index (χ2n) is 5.83. The molecule has 19 heavy (non-hydrogen) atoms. The van der Waals surface area contributed by atoms with E-state index >= 15 is 0 Å². The topological polar surface area (TPSA) is 64.7 Å². The Morgan fingerprint density at radius 2 is 2.00 bits per heavy atom. The lowest BCUT2D eigenvalue weighted by Crippen LogP contribution is -2.53. The summed E-state index contributed by atoms with van der Waals surface area (Å²) in [5, 5.41) is 6.40. The van der Waals surface area contributed by atoms with E-state index in [4.69, 9.17) is 0 Å².